The summed E-state index contributed by atoms with van der Waals surface area (Å²) in [5, 5.41) is 3.80. The fourth-order valence-electron chi connectivity index (χ4n) is 2.72. The third-order valence-corrected chi connectivity index (χ3v) is 5.28. The lowest BCUT2D eigenvalue weighted by Crippen LogP contribution is -2.37. The zero-order valence-electron chi connectivity index (χ0n) is 15.0. The quantitative estimate of drug-likeness (QED) is 0.651. The lowest BCUT2D eigenvalue weighted by Gasteiger charge is -2.07. The molecule has 27 heavy (non-hydrogen) atoms. The third kappa shape index (κ3) is 3.65. The largest absolute Gasteiger partial charge is 0.332 e. The SMILES string of the molecule is CCn1c(SCC(=O)Nc2cccc(Cl)c2)nc2c1c(=O)n(C)c(=O)n2C. The van der Waals surface area contributed by atoms with Crippen molar-refractivity contribution in [1.29, 1.82) is 0 Å². The van der Waals surface area contributed by atoms with Gasteiger partial charge in [0.15, 0.2) is 16.3 Å². The van der Waals surface area contributed by atoms with Gasteiger partial charge in [0.25, 0.3) is 5.56 Å². The van der Waals surface area contributed by atoms with Crippen LogP contribution in [0, 0.1) is 0 Å². The van der Waals surface area contributed by atoms with Crippen LogP contribution in [0.5, 0.6) is 0 Å². The zero-order chi connectivity index (χ0) is 19.7. The number of amides is 1. The normalized spacial score (nSPS) is 11.1. The fourth-order valence-corrected chi connectivity index (χ4v) is 3.77. The molecule has 1 amide bonds. The molecule has 8 nitrogen and oxygen atoms in total. The minimum Gasteiger partial charge on any atom is -0.325 e. The van der Waals surface area contributed by atoms with Gasteiger partial charge in [-0.05, 0) is 25.1 Å². The zero-order valence-corrected chi connectivity index (χ0v) is 16.6. The molecule has 0 aliphatic rings. The summed E-state index contributed by atoms with van der Waals surface area (Å²) in [5.41, 5.74) is 0.414. The van der Waals surface area contributed by atoms with Crippen molar-refractivity contribution in [3.8, 4) is 0 Å². The van der Waals surface area contributed by atoms with Crippen molar-refractivity contribution >= 4 is 46.1 Å². The first kappa shape index (κ1) is 19.2. The number of hydrogen-bond donors (Lipinski definition) is 1. The summed E-state index contributed by atoms with van der Waals surface area (Å²) in [6.07, 6.45) is 0. The molecule has 0 saturated heterocycles. The number of carbonyl (C=O) groups excluding carboxylic acids is 1. The molecule has 0 saturated carbocycles. The van der Waals surface area contributed by atoms with E-state index in [4.69, 9.17) is 11.6 Å². The third-order valence-electron chi connectivity index (χ3n) is 4.07. The van der Waals surface area contributed by atoms with Crippen LogP contribution < -0.4 is 16.6 Å². The number of aryl methyl sites for hydroxylation is 2. The number of hydrogen-bond acceptors (Lipinski definition) is 5. The van der Waals surface area contributed by atoms with Gasteiger partial charge in [-0.2, -0.15) is 0 Å². The maximum atomic E-state index is 12.5. The van der Waals surface area contributed by atoms with Crippen LogP contribution in [0.4, 0.5) is 5.69 Å². The molecule has 1 aromatic carbocycles. The summed E-state index contributed by atoms with van der Waals surface area (Å²) < 4.78 is 4.10. The number of halogens is 1. The number of carbonyl (C=O) groups is 1. The van der Waals surface area contributed by atoms with E-state index in [1.54, 1.807) is 35.9 Å². The van der Waals surface area contributed by atoms with E-state index in [2.05, 4.69) is 10.3 Å². The highest BCUT2D eigenvalue weighted by Crippen LogP contribution is 2.22. The van der Waals surface area contributed by atoms with Crippen LogP contribution in [-0.4, -0.2) is 30.3 Å². The molecule has 0 radical (unpaired) electrons. The topological polar surface area (TPSA) is 90.9 Å². The van der Waals surface area contributed by atoms with Crippen LogP contribution in [0.25, 0.3) is 11.2 Å². The molecule has 0 aliphatic carbocycles. The molecule has 142 valence electrons. The number of fused-ring (bicyclic) bond motifs is 1. The van der Waals surface area contributed by atoms with E-state index in [9.17, 15) is 14.4 Å². The molecule has 0 bridgehead atoms. The van der Waals surface area contributed by atoms with Crippen molar-refractivity contribution in [2.24, 2.45) is 14.1 Å². The minimum absolute atomic E-state index is 0.101. The Morgan fingerprint density at radius 2 is 2.00 bits per heavy atom. The van der Waals surface area contributed by atoms with Crippen molar-refractivity contribution < 1.29 is 4.79 Å². The number of anilines is 1. The standard InChI is InChI=1S/C17H18ClN5O3S/c1-4-23-13-14(21(2)17(26)22(3)15(13)25)20-16(23)27-9-12(24)19-11-7-5-6-10(18)8-11/h5-8H,4,9H2,1-3H3,(H,19,24). The van der Waals surface area contributed by atoms with E-state index >= 15 is 0 Å². The van der Waals surface area contributed by atoms with Crippen molar-refractivity contribution in [3.05, 3.63) is 50.1 Å². The monoisotopic (exact) mass is 407 g/mol. The second-order valence-electron chi connectivity index (χ2n) is 5.86. The molecule has 10 heteroatoms. The lowest BCUT2D eigenvalue weighted by molar-refractivity contribution is -0.113. The first-order valence-electron chi connectivity index (χ1n) is 8.18. The van der Waals surface area contributed by atoms with Crippen molar-refractivity contribution in [3.63, 3.8) is 0 Å². The van der Waals surface area contributed by atoms with Crippen molar-refractivity contribution in [2.45, 2.75) is 18.6 Å². The van der Waals surface area contributed by atoms with Crippen LogP contribution in [0.1, 0.15) is 6.92 Å². The van der Waals surface area contributed by atoms with E-state index in [-0.39, 0.29) is 11.7 Å². The second kappa shape index (κ2) is 7.61. The molecule has 3 aromatic rings. The minimum atomic E-state index is -0.441. The van der Waals surface area contributed by atoms with Gasteiger partial charge in [-0.15, -0.1) is 0 Å². The Morgan fingerprint density at radius 1 is 1.26 bits per heavy atom. The van der Waals surface area contributed by atoms with Crippen LogP contribution in [0.3, 0.4) is 0 Å². The summed E-state index contributed by atoms with van der Waals surface area (Å²) in [5.74, 6) is -0.122. The van der Waals surface area contributed by atoms with E-state index in [1.807, 2.05) is 6.92 Å². The molecule has 0 fully saturated rings. The van der Waals surface area contributed by atoms with Gasteiger partial charge in [0.1, 0.15) is 0 Å². The number of nitrogens with zero attached hydrogens (tertiary/aromatic N) is 4. The predicted octanol–water partition coefficient (Wildman–Crippen LogP) is 1.84. The Kier molecular flexibility index (Phi) is 5.43. The van der Waals surface area contributed by atoms with Gasteiger partial charge in [0.05, 0.1) is 5.75 Å². The van der Waals surface area contributed by atoms with Gasteiger partial charge in [-0.1, -0.05) is 29.4 Å². The van der Waals surface area contributed by atoms with Crippen LogP contribution in [0.2, 0.25) is 5.02 Å². The van der Waals surface area contributed by atoms with Crippen LogP contribution in [0.15, 0.2) is 39.0 Å². The fraction of sp³-hybridized carbons (Fsp3) is 0.294. The Morgan fingerprint density at radius 3 is 2.67 bits per heavy atom. The predicted molar refractivity (Wildman–Crippen MR) is 107 cm³/mol. The highest BCUT2D eigenvalue weighted by atomic mass is 35.5. The summed E-state index contributed by atoms with van der Waals surface area (Å²) in [4.78, 5) is 41.2. The molecule has 0 atom stereocenters. The average Bonchev–Trinajstić information content (AvgIpc) is 3.01. The maximum absolute atomic E-state index is 12.5. The van der Waals surface area contributed by atoms with E-state index in [0.717, 1.165) is 4.57 Å². The lowest BCUT2D eigenvalue weighted by atomic mass is 10.3. The van der Waals surface area contributed by atoms with Gasteiger partial charge < -0.3 is 9.88 Å². The summed E-state index contributed by atoms with van der Waals surface area (Å²) in [6.45, 7) is 2.37. The van der Waals surface area contributed by atoms with Gasteiger partial charge in [-0.3, -0.25) is 18.7 Å². The van der Waals surface area contributed by atoms with E-state index in [1.165, 1.54) is 23.4 Å². The summed E-state index contributed by atoms with van der Waals surface area (Å²) in [7, 11) is 3.00. The number of aromatic nitrogens is 4. The smallest absolute Gasteiger partial charge is 0.325 e. The first-order chi connectivity index (χ1) is 12.8. The molecule has 3 rings (SSSR count). The molecule has 0 unspecified atom stereocenters. The second-order valence-corrected chi connectivity index (χ2v) is 7.24. The summed E-state index contributed by atoms with van der Waals surface area (Å²) >= 11 is 7.11. The molecule has 0 spiro atoms. The van der Waals surface area contributed by atoms with Gasteiger partial charge >= 0.3 is 5.69 Å². The Labute approximate surface area is 163 Å². The van der Waals surface area contributed by atoms with Gasteiger partial charge in [0, 0.05) is 31.4 Å². The maximum Gasteiger partial charge on any atom is 0.332 e. The molecule has 1 N–H and O–H groups in total. The van der Waals surface area contributed by atoms with Crippen LogP contribution >= 0.6 is 23.4 Å². The number of imidazole rings is 1. The van der Waals surface area contributed by atoms with Gasteiger partial charge in [-0.25, -0.2) is 9.78 Å². The first-order valence-corrected chi connectivity index (χ1v) is 9.54. The van der Waals surface area contributed by atoms with Crippen molar-refractivity contribution in [1.82, 2.24) is 18.7 Å². The Bertz CT molecular complexity index is 1150. The average molecular weight is 408 g/mol. The summed E-state index contributed by atoms with van der Waals surface area (Å²) in [6, 6.07) is 6.87. The number of nitrogens with one attached hydrogen (secondary N) is 1. The van der Waals surface area contributed by atoms with Crippen molar-refractivity contribution in [2.75, 3.05) is 11.1 Å². The number of benzene rings is 1. The molecule has 0 aliphatic heterocycles. The highest BCUT2D eigenvalue weighted by molar-refractivity contribution is 7.99. The number of thioether (sulfide) groups is 1. The van der Waals surface area contributed by atoms with E-state index in [0.29, 0.717) is 33.6 Å². The highest BCUT2D eigenvalue weighted by Gasteiger charge is 2.19. The van der Waals surface area contributed by atoms with E-state index < -0.39 is 11.2 Å². The number of rotatable bonds is 5. The Hall–Kier alpha value is -2.52. The molecular formula is C17H18ClN5O3S. The van der Waals surface area contributed by atoms with Gasteiger partial charge in [0.2, 0.25) is 5.91 Å². The van der Waals surface area contributed by atoms with Crippen LogP contribution in [-0.2, 0) is 25.4 Å². The Balaban J connectivity index is 1.88. The molecular weight excluding hydrogens is 390 g/mol. The molecule has 2 aromatic heterocycles. The molecule has 2 heterocycles.